The predicted molar refractivity (Wildman–Crippen MR) is 594 cm³/mol. The molecule has 0 saturated carbocycles. The van der Waals surface area contributed by atoms with Gasteiger partial charge in [0.15, 0.2) is 0 Å². The number of esters is 6. The zero-order valence-electron chi connectivity index (χ0n) is 92.2. The molecule has 0 aliphatic heterocycles. The topological polar surface area (TPSA) is 228 Å². The zero-order valence-corrected chi connectivity index (χ0v) is 94.6. The summed E-state index contributed by atoms with van der Waals surface area (Å²) in [6.45, 7) is 38.2. The molecule has 0 saturated heterocycles. The van der Waals surface area contributed by atoms with Crippen LogP contribution in [0.2, 0.25) is 0 Å². The Hall–Kier alpha value is -5.14. The lowest BCUT2D eigenvalue weighted by atomic mass is 10.0. The van der Waals surface area contributed by atoms with E-state index >= 15 is 0 Å². The van der Waals surface area contributed by atoms with Crippen LogP contribution >= 0.6 is 35.3 Å². The normalized spacial score (nSPS) is 11.7. The second-order valence-electron chi connectivity index (χ2n) is 37.7. The lowest BCUT2D eigenvalue weighted by Gasteiger charge is -2.24. The van der Waals surface area contributed by atoms with Gasteiger partial charge < -0.3 is 57.8 Å². The molecule has 0 atom stereocenters. The Morgan fingerprint density at radius 3 is 0.791 bits per heavy atom. The van der Waals surface area contributed by atoms with Crippen LogP contribution in [0.4, 0.5) is 14.4 Å². The molecule has 0 heterocycles. The van der Waals surface area contributed by atoms with Crippen molar-refractivity contribution >= 4 is 86.8 Å². The highest BCUT2D eigenvalue weighted by Crippen LogP contribution is 2.24. The minimum absolute atomic E-state index is 0.00164. The van der Waals surface area contributed by atoms with E-state index in [-0.39, 0.29) is 109 Å². The molecule has 0 radical (unpaired) electrons. The summed E-state index contributed by atoms with van der Waals surface area (Å²) in [6, 6.07) is 0. The zero-order chi connectivity index (χ0) is 103. The number of unbranched alkanes of at least 4 members (excludes halogenated alkanes) is 30. The monoisotopic (exact) mass is 2020 g/mol. The fraction of sp³-hybridized carbons (Fsp3) is 0.835. The summed E-state index contributed by atoms with van der Waals surface area (Å²) < 4.78 is 34.0. The van der Waals surface area contributed by atoms with Crippen molar-refractivity contribution in [1.29, 1.82) is 0 Å². The van der Waals surface area contributed by atoms with E-state index in [2.05, 4.69) is 142 Å². The number of nitrogens with zero attached hydrogens (tertiary/aromatic N) is 6. The summed E-state index contributed by atoms with van der Waals surface area (Å²) in [5, 5.41) is -0.105. The van der Waals surface area contributed by atoms with Gasteiger partial charge in [-0.15, -0.1) is 0 Å². The van der Waals surface area contributed by atoms with Gasteiger partial charge >= 0.3 is 35.8 Å². The first kappa shape index (κ1) is 138. The summed E-state index contributed by atoms with van der Waals surface area (Å²) in [7, 11) is 3.97. The lowest BCUT2D eigenvalue weighted by Crippen LogP contribution is -2.36. The SMILES string of the molecule is CCC/C=C/CCC(CC/C=C/CCC)OC(=O)CCCN(CCCC(=O)OC/C=C\CCCCCC)C(=O)SCCN(C)C.CCCCCC/C=C\COC(=O)CCCN(CC(=O)OC(CCCCCCC)CCCCCCC)C(=O)SCCCN(CC)CC.CCCCCC/C=C\COC(=O)CCCN(CCCC(=O)OC(CCCCCCC)CCCCCCC)C(=O)SCCCN(CC)CC. The summed E-state index contributed by atoms with van der Waals surface area (Å²) in [6.07, 6.45) is 79.6. The van der Waals surface area contributed by atoms with Gasteiger partial charge in [0, 0.05) is 88.6 Å². The molecule has 0 aromatic rings. The number of amides is 3. The van der Waals surface area contributed by atoms with Crippen molar-refractivity contribution in [3.8, 4) is 0 Å². The third kappa shape index (κ3) is 97.4. The van der Waals surface area contributed by atoms with E-state index in [9.17, 15) is 43.2 Å². The Morgan fingerprint density at radius 2 is 0.489 bits per heavy atom. The number of carbonyl (C=O) groups is 9. The molecule has 0 aromatic carbocycles. The van der Waals surface area contributed by atoms with Gasteiger partial charge in [0.05, 0.1) is 0 Å². The summed E-state index contributed by atoms with van der Waals surface area (Å²) in [4.78, 5) is 127. The molecule has 0 fully saturated rings. The average molecular weight is 2020 g/mol. The molecule has 21 nitrogen and oxygen atoms in total. The van der Waals surface area contributed by atoms with Gasteiger partial charge in [-0.05, 0) is 227 Å². The second kappa shape index (κ2) is 109. The third-order valence-electron chi connectivity index (χ3n) is 24.5. The summed E-state index contributed by atoms with van der Waals surface area (Å²) in [5.41, 5.74) is 0. The molecule has 0 unspecified atom stereocenters. The summed E-state index contributed by atoms with van der Waals surface area (Å²) >= 11 is 3.90. The molecule has 0 bridgehead atoms. The Balaban J connectivity index is -0.00000200. The van der Waals surface area contributed by atoms with Crippen LogP contribution in [0.15, 0.2) is 60.8 Å². The van der Waals surface area contributed by atoms with Gasteiger partial charge in [0.25, 0.3) is 15.7 Å². The average Bonchev–Trinajstić information content (AvgIpc) is 0.897. The van der Waals surface area contributed by atoms with Gasteiger partial charge in [-0.3, -0.25) is 43.2 Å². The van der Waals surface area contributed by atoms with Gasteiger partial charge in [0.2, 0.25) is 0 Å². The quantitative estimate of drug-likeness (QED) is 0.0238. The van der Waals surface area contributed by atoms with Crippen LogP contribution in [0.25, 0.3) is 0 Å². The van der Waals surface area contributed by atoms with E-state index in [1.165, 1.54) is 196 Å². The van der Waals surface area contributed by atoms with Gasteiger partial charge in [-0.1, -0.05) is 359 Å². The van der Waals surface area contributed by atoms with Crippen molar-refractivity contribution in [2.75, 3.05) is 136 Å². The maximum atomic E-state index is 13.2. The maximum absolute atomic E-state index is 13.2. The molecule has 0 aromatic heterocycles. The molecule has 0 aliphatic carbocycles. The highest BCUT2D eigenvalue weighted by Gasteiger charge is 2.25. The number of thioether (sulfide) groups is 3. The Labute approximate surface area is 866 Å². The van der Waals surface area contributed by atoms with E-state index in [4.69, 9.17) is 28.4 Å². The summed E-state index contributed by atoms with van der Waals surface area (Å²) in [5.74, 6) is 0.710. The van der Waals surface area contributed by atoms with Crippen LogP contribution in [0.3, 0.4) is 0 Å². The van der Waals surface area contributed by atoms with Crippen molar-refractivity contribution in [3.05, 3.63) is 60.8 Å². The Bertz CT molecular complexity index is 2940. The molecular weight excluding hydrogens is 1800 g/mol. The first-order valence-electron chi connectivity index (χ1n) is 56.8. The van der Waals surface area contributed by atoms with Crippen LogP contribution in [0.1, 0.15) is 469 Å². The van der Waals surface area contributed by atoms with E-state index < -0.39 is 0 Å². The van der Waals surface area contributed by atoms with E-state index in [0.29, 0.717) is 96.0 Å². The van der Waals surface area contributed by atoms with Crippen molar-refractivity contribution in [2.24, 2.45) is 0 Å². The van der Waals surface area contributed by atoms with E-state index in [0.717, 1.165) is 206 Å². The van der Waals surface area contributed by atoms with Crippen LogP contribution in [0.5, 0.6) is 0 Å². The molecule has 139 heavy (non-hydrogen) atoms. The largest absolute Gasteiger partial charge is 0.462 e. The van der Waals surface area contributed by atoms with Crippen molar-refractivity contribution in [3.63, 3.8) is 0 Å². The smallest absolute Gasteiger partial charge is 0.325 e. The molecule has 812 valence electrons. The van der Waals surface area contributed by atoms with Crippen LogP contribution in [-0.4, -0.2) is 236 Å². The number of rotatable bonds is 95. The molecule has 3 amide bonds. The number of hydrogen-bond donors (Lipinski definition) is 0. The predicted octanol–water partition coefficient (Wildman–Crippen LogP) is 31.0. The lowest BCUT2D eigenvalue weighted by molar-refractivity contribution is -0.151. The second-order valence-corrected chi connectivity index (χ2v) is 40.8. The molecule has 24 heteroatoms. The first-order chi connectivity index (χ1) is 67.6. The molecule has 0 aliphatic rings. The molecular formula is C115H214N6O15S3. The fourth-order valence-corrected chi connectivity index (χ4v) is 18.2. The Morgan fingerprint density at radius 1 is 0.230 bits per heavy atom. The minimum atomic E-state index is -0.337. The van der Waals surface area contributed by atoms with Crippen LogP contribution < -0.4 is 0 Å². The number of allylic oxidation sites excluding steroid dienone is 7. The molecule has 0 spiro atoms. The fourth-order valence-electron chi connectivity index (χ4n) is 15.6. The van der Waals surface area contributed by atoms with Gasteiger partial charge in [-0.25, -0.2) is 0 Å². The van der Waals surface area contributed by atoms with Crippen molar-refractivity contribution in [2.45, 2.75) is 487 Å². The first-order valence-corrected chi connectivity index (χ1v) is 59.8. The van der Waals surface area contributed by atoms with Crippen molar-refractivity contribution in [1.82, 2.24) is 29.4 Å². The number of carbonyl (C=O) groups excluding carboxylic acids is 9. The maximum Gasteiger partial charge on any atom is 0.325 e. The number of hydrogen-bond acceptors (Lipinski definition) is 21. The van der Waals surface area contributed by atoms with Crippen LogP contribution in [0, 0.1) is 0 Å². The van der Waals surface area contributed by atoms with Crippen molar-refractivity contribution < 1.29 is 71.6 Å². The van der Waals surface area contributed by atoms with Gasteiger partial charge in [-0.2, -0.15) is 0 Å². The molecule has 0 N–H and O–H groups in total. The standard InChI is InChI=1S/C40H76N2O5S.C38H72N2O5S.C37H66N2O5S/c1-6-11-14-17-18-21-24-35-46-38(43)30-25-33-42(40(45)48-36-27-32-41(9-4)10-5)34-26-31-39(44)47-37(28-22-19-15-12-7-2)29-23-20-16-13-8-3;1-6-11-14-17-18-21-24-32-44-36(41)29-25-31-40(38(43)46-33-26-30-39(9-4)10-5)34-37(42)45-35(27-22-19-15-12-7-2)28-23-20-16-13-8-3;1-6-9-12-15-16-19-22-32-43-35(40)27-23-29-39(37(42)45-33-31-38(4)5)30-24-28-36(41)44-34(25-20-17-13-10-7-2)26-21-18-14-11-8-3/h21,24,37H,6-20,22-23,25-36H2,1-5H3;21,24,35H,6-20,22-23,25-34H2,1-5H3;13-14,17-19,22,34H,6-12,15-16,20-21,23-33H2,1-5H3/b2*24-21-;17-13+,18-14+,22-19-. The minimum Gasteiger partial charge on any atom is -0.462 e. The molecule has 0 rings (SSSR count). The third-order valence-corrected chi connectivity index (χ3v) is 27.4. The highest BCUT2D eigenvalue weighted by atomic mass is 32.2. The van der Waals surface area contributed by atoms with E-state index in [1.54, 1.807) is 9.80 Å². The van der Waals surface area contributed by atoms with Crippen LogP contribution in [-0.2, 0) is 57.2 Å². The Kier molecular flexibility index (Phi) is 108. The van der Waals surface area contributed by atoms with Gasteiger partial charge in [0.1, 0.15) is 44.7 Å². The number of ether oxygens (including phenoxy) is 6. The van der Waals surface area contributed by atoms with E-state index in [1.807, 2.05) is 42.1 Å². The highest BCUT2D eigenvalue weighted by molar-refractivity contribution is 8.14.